The molecular formula is C56H70N10O8. The molecule has 0 radical (unpaired) electrons. The van der Waals surface area contributed by atoms with Gasteiger partial charge in [0.15, 0.2) is 11.6 Å². The molecule has 392 valence electrons. The predicted molar refractivity (Wildman–Crippen MR) is 281 cm³/mol. The maximum Gasteiger partial charge on any atom is 0.255 e. The number of fused-ring (bicyclic) bond motifs is 1. The van der Waals surface area contributed by atoms with Gasteiger partial charge in [-0.2, -0.15) is 5.10 Å². The van der Waals surface area contributed by atoms with E-state index in [9.17, 15) is 19.2 Å². The third-order valence-electron chi connectivity index (χ3n) is 13.6. The van der Waals surface area contributed by atoms with E-state index >= 15 is 0 Å². The van der Waals surface area contributed by atoms with Crippen molar-refractivity contribution < 1.29 is 38.1 Å². The van der Waals surface area contributed by atoms with Crippen molar-refractivity contribution in [3.8, 4) is 17.1 Å². The summed E-state index contributed by atoms with van der Waals surface area (Å²) in [5.41, 5.74) is 5.93. The van der Waals surface area contributed by atoms with Gasteiger partial charge in [-0.25, -0.2) is 4.98 Å². The van der Waals surface area contributed by atoms with Crippen LogP contribution in [0.3, 0.4) is 0 Å². The third-order valence-corrected chi connectivity index (χ3v) is 13.6. The van der Waals surface area contributed by atoms with Crippen LogP contribution in [0.25, 0.3) is 11.4 Å². The number of nitrogens with zero attached hydrogens (tertiary/aromatic N) is 4. The van der Waals surface area contributed by atoms with Crippen molar-refractivity contribution in [1.29, 1.82) is 0 Å². The van der Waals surface area contributed by atoms with E-state index in [0.29, 0.717) is 82.7 Å². The first-order valence-electron chi connectivity index (χ1n) is 26.1. The lowest BCUT2D eigenvalue weighted by atomic mass is 9.87. The van der Waals surface area contributed by atoms with Crippen LogP contribution in [-0.2, 0) is 42.4 Å². The van der Waals surface area contributed by atoms with Gasteiger partial charge in [-0.15, -0.1) is 0 Å². The van der Waals surface area contributed by atoms with Gasteiger partial charge in [0.05, 0.1) is 38.6 Å². The molecule has 2 fully saturated rings. The maximum absolute atomic E-state index is 13.3. The summed E-state index contributed by atoms with van der Waals surface area (Å²) in [5.74, 6) is 1.15. The van der Waals surface area contributed by atoms with Crippen molar-refractivity contribution in [2.24, 2.45) is 0 Å². The van der Waals surface area contributed by atoms with Gasteiger partial charge in [-0.05, 0) is 131 Å². The molecule has 18 heteroatoms. The van der Waals surface area contributed by atoms with Gasteiger partial charge in [0.1, 0.15) is 11.8 Å². The first-order chi connectivity index (χ1) is 36.2. The molecule has 2 aromatic heterocycles. The number of benzene rings is 3. The summed E-state index contributed by atoms with van der Waals surface area (Å²) >= 11 is 0. The fourth-order valence-electron chi connectivity index (χ4n) is 9.45. The van der Waals surface area contributed by atoms with E-state index < -0.39 is 17.5 Å². The number of H-pyrrole nitrogens is 1. The second kappa shape index (κ2) is 27.3. The first kappa shape index (κ1) is 53.3. The average molecular weight is 1010 g/mol. The Morgan fingerprint density at radius 2 is 1.50 bits per heavy atom. The number of anilines is 2. The molecule has 3 aliphatic rings. The number of hydrogen-bond acceptors (Lipinski definition) is 14. The highest BCUT2D eigenvalue weighted by atomic mass is 16.5. The van der Waals surface area contributed by atoms with Crippen LogP contribution >= 0.6 is 0 Å². The van der Waals surface area contributed by atoms with Crippen molar-refractivity contribution >= 4 is 35.0 Å². The minimum Gasteiger partial charge on any atom is -0.494 e. The molecule has 18 nitrogen and oxygen atoms in total. The zero-order chi connectivity index (χ0) is 51.4. The monoisotopic (exact) mass is 1010 g/mol. The summed E-state index contributed by atoms with van der Waals surface area (Å²) in [4.78, 5) is 61.0. The number of pyridine rings is 1. The highest BCUT2D eigenvalue weighted by Crippen LogP contribution is 2.35. The van der Waals surface area contributed by atoms with Crippen LogP contribution in [-0.4, -0.2) is 114 Å². The van der Waals surface area contributed by atoms with Gasteiger partial charge in [0.2, 0.25) is 11.8 Å². The molecule has 2 saturated heterocycles. The van der Waals surface area contributed by atoms with Crippen molar-refractivity contribution in [2.75, 3.05) is 70.0 Å². The smallest absolute Gasteiger partial charge is 0.255 e. The molecule has 5 heterocycles. The Bertz CT molecular complexity index is 2640. The van der Waals surface area contributed by atoms with Crippen LogP contribution in [0, 0.1) is 0 Å². The SMILES string of the molecule is C=C(CCCCCOCCOCCOCCCCCCOc1ccc(CNC(=O)c2cccc(NC3(c4nc(-c5ccncc5)n[nH]4)CCNCC3)c2)cc1)Nc1cccc2c1CN(C1CCC(=O)NC1=O)C2=O. The molecule has 3 aliphatic heterocycles. The Hall–Kier alpha value is -6.99. The Balaban J connectivity index is 0.602. The Morgan fingerprint density at radius 1 is 0.797 bits per heavy atom. The number of carbonyl (C=O) groups is 4. The number of piperidine rings is 2. The summed E-state index contributed by atoms with van der Waals surface area (Å²) in [5, 5.41) is 23.6. The average Bonchev–Trinajstić information content (AvgIpc) is 4.06. The normalized spacial score (nSPS) is 16.1. The molecule has 1 atom stereocenters. The lowest BCUT2D eigenvalue weighted by Crippen LogP contribution is -2.52. The number of unbranched alkanes of at least 4 members (excludes halogenated alkanes) is 5. The number of ether oxygens (including phenoxy) is 4. The highest BCUT2D eigenvalue weighted by Gasteiger charge is 2.40. The first-order valence-corrected chi connectivity index (χ1v) is 26.1. The standard InChI is InChI=1S/C56H70N10O8/c1-40(60-48-15-10-14-46-47(48)39-66(54(46)70)49-20-21-50(67)61-53(49)69)11-5-4-7-31-72-34-36-73-35-33-71-30-6-2-3-8-32-74-45-18-16-41(17-19-45)38-59-52(68)43-12-9-13-44(37-43)63-56(24-28-58-29-25-56)55-62-51(64-65-55)42-22-26-57-27-23-42/h9-10,12-19,22-23,26-27,37,49,58,60,63H,1-8,11,20-21,24-25,28-36,38-39H2,(H,59,68)(H,61,67,69)(H,62,64,65). The van der Waals surface area contributed by atoms with E-state index in [2.05, 4.69) is 48.3 Å². The summed E-state index contributed by atoms with van der Waals surface area (Å²) < 4.78 is 23.1. The van der Waals surface area contributed by atoms with E-state index in [-0.39, 0.29) is 24.1 Å². The Labute approximate surface area is 433 Å². The lowest BCUT2D eigenvalue weighted by molar-refractivity contribution is -0.136. The fourth-order valence-corrected chi connectivity index (χ4v) is 9.45. The maximum atomic E-state index is 13.3. The second-order valence-electron chi connectivity index (χ2n) is 19.0. The number of imide groups is 1. The van der Waals surface area contributed by atoms with E-state index in [1.165, 1.54) is 0 Å². The summed E-state index contributed by atoms with van der Waals surface area (Å²) in [6.45, 7) is 10.8. The Morgan fingerprint density at radius 3 is 2.24 bits per heavy atom. The number of amides is 4. The van der Waals surface area contributed by atoms with Gasteiger partial charge >= 0.3 is 0 Å². The van der Waals surface area contributed by atoms with Crippen LogP contribution < -0.4 is 31.3 Å². The second-order valence-corrected chi connectivity index (χ2v) is 19.0. The predicted octanol–water partition coefficient (Wildman–Crippen LogP) is 7.42. The quantitative estimate of drug-likeness (QED) is 0.0195. The van der Waals surface area contributed by atoms with Crippen molar-refractivity contribution in [2.45, 2.75) is 102 Å². The van der Waals surface area contributed by atoms with Crippen LogP contribution in [0.5, 0.6) is 5.75 Å². The highest BCUT2D eigenvalue weighted by molar-refractivity contribution is 6.06. The van der Waals surface area contributed by atoms with E-state index in [1.54, 1.807) is 23.4 Å². The largest absolute Gasteiger partial charge is 0.494 e. The number of rotatable bonds is 30. The molecule has 6 N–H and O–H groups in total. The molecule has 0 bridgehead atoms. The Kier molecular flexibility index (Phi) is 19.7. The molecule has 0 spiro atoms. The number of nitrogens with one attached hydrogen (secondary N) is 6. The van der Waals surface area contributed by atoms with Crippen LogP contribution in [0.15, 0.2) is 104 Å². The van der Waals surface area contributed by atoms with Gasteiger partial charge in [0, 0.05) is 84.4 Å². The lowest BCUT2D eigenvalue weighted by Gasteiger charge is -2.37. The third kappa shape index (κ3) is 15.1. The van der Waals surface area contributed by atoms with Gasteiger partial charge < -0.3 is 45.1 Å². The molecule has 4 amide bonds. The van der Waals surface area contributed by atoms with Crippen LogP contribution in [0.1, 0.15) is 115 Å². The van der Waals surface area contributed by atoms with Crippen molar-refractivity contribution in [3.63, 3.8) is 0 Å². The van der Waals surface area contributed by atoms with Crippen molar-refractivity contribution in [1.82, 2.24) is 41.0 Å². The topological polar surface area (TPSA) is 223 Å². The zero-order valence-corrected chi connectivity index (χ0v) is 42.3. The van der Waals surface area contributed by atoms with E-state index in [4.69, 9.17) is 23.9 Å². The molecule has 8 rings (SSSR count). The molecule has 3 aromatic carbocycles. The summed E-state index contributed by atoms with van der Waals surface area (Å²) in [7, 11) is 0. The number of aromatic amines is 1. The zero-order valence-electron chi connectivity index (χ0n) is 42.3. The molecular weight excluding hydrogens is 941 g/mol. The van der Waals surface area contributed by atoms with Gasteiger partial charge in [0.25, 0.3) is 11.8 Å². The summed E-state index contributed by atoms with van der Waals surface area (Å²) in [6, 6.07) is 24.1. The number of allylic oxidation sites excluding steroid dienone is 1. The van der Waals surface area contributed by atoms with E-state index in [0.717, 1.165) is 123 Å². The minimum absolute atomic E-state index is 0.150. The molecule has 74 heavy (non-hydrogen) atoms. The van der Waals surface area contributed by atoms with Gasteiger partial charge in [-0.3, -0.25) is 34.6 Å². The number of hydrogen-bond donors (Lipinski definition) is 6. The van der Waals surface area contributed by atoms with Crippen LogP contribution in [0.4, 0.5) is 11.4 Å². The van der Waals surface area contributed by atoms with Crippen LogP contribution in [0.2, 0.25) is 0 Å². The number of aromatic nitrogens is 4. The molecule has 0 saturated carbocycles. The molecule has 1 unspecified atom stereocenters. The van der Waals surface area contributed by atoms with Gasteiger partial charge in [-0.1, -0.05) is 43.7 Å². The van der Waals surface area contributed by atoms with E-state index in [1.807, 2.05) is 72.8 Å². The fraction of sp³-hybridized carbons (Fsp3) is 0.446. The molecule has 5 aromatic rings. The molecule has 0 aliphatic carbocycles. The minimum atomic E-state index is -0.642. The number of carbonyl (C=O) groups excluding carboxylic acids is 4. The summed E-state index contributed by atoms with van der Waals surface area (Å²) in [6.07, 6.45) is 13.4. The van der Waals surface area contributed by atoms with Crippen molar-refractivity contribution in [3.05, 3.63) is 132 Å².